The predicted molar refractivity (Wildman–Crippen MR) is 80.3 cm³/mol. The number of aromatic nitrogens is 2. The van der Waals surface area contributed by atoms with Gasteiger partial charge in [-0.3, -0.25) is 4.90 Å². The molecule has 0 unspecified atom stereocenters. The van der Waals surface area contributed by atoms with Crippen LogP contribution in [0.5, 0.6) is 0 Å². The lowest BCUT2D eigenvalue weighted by Crippen LogP contribution is -2.10. The van der Waals surface area contributed by atoms with Crippen molar-refractivity contribution in [1.29, 1.82) is 5.26 Å². The molecule has 0 saturated heterocycles. The normalized spacial score (nSPS) is 10.4. The van der Waals surface area contributed by atoms with E-state index in [-0.39, 0.29) is 0 Å². The average Bonchev–Trinajstić information content (AvgIpc) is 2.47. The summed E-state index contributed by atoms with van der Waals surface area (Å²) in [5, 5.41) is 17.2. The van der Waals surface area contributed by atoms with Crippen molar-refractivity contribution in [1.82, 2.24) is 10.2 Å². The van der Waals surface area contributed by atoms with Crippen LogP contribution in [0.3, 0.4) is 0 Å². The minimum absolute atomic E-state index is 0.478. The zero-order valence-corrected chi connectivity index (χ0v) is 12.3. The molecule has 0 saturated carbocycles. The minimum Gasteiger partial charge on any atom is -0.265 e. The Morgan fingerprint density at radius 3 is 2.45 bits per heavy atom. The van der Waals surface area contributed by atoms with Crippen LogP contribution in [-0.2, 0) is 0 Å². The Balaban J connectivity index is 2.41. The SMILES string of the molecule is Cc1ccc(C(C)C)cc1-c1ccc(N(C)C#N)nn1. The van der Waals surface area contributed by atoms with E-state index < -0.39 is 0 Å². The van der Waals surface area contributed by atoms with Gasteiger partial charge in [-0.15, -0.1) is 10.2 Å². The van der Waals surface area contributed by atoms with Crippen LogP contribution in [0, 0.1) is 18.4 Å². The van der Waals surface area contributed by atoms with Crippen LogP contribution >= 0.6 is 0 Å². The third-order valence-electron chi connectivity index (χ3n) is 3.35. The van der Waals surface area contributed by atoms with Gasteiger partial charge < -0.3 is 0 Å². The van der Waals surface area contributed by atoms with E-state index in [2.05, 4.69) is 49.2 Å². The van der Waals surface area contributed by atoms with E-state index in [1.807, 2.05) is 18.3 Å². The third kappa shape index (κ3) is 2.77. The summed E-state index contributed by atoms with van der Waals surface area (Å²) in [6.07, 6.45) is 2.01. The third-order valence-corrected chi connectivity index (χ3v) is 3.35. The van der Waals surface area contributed by atoms with Crippen molar-refractivity contribution in [3.63, 3.8) is 0 Å². The Kier molecular flexibility index (Phi) is 3.99. The van der Waals surface area contributed by atoms with Gasteiger partial charge in [0.2, 0.25) is 0 Å². The zero-order chi connectivity index (χ0) is 14.7. The average molecular weight is 266 g/mol. The van der Waals surface area contributed by atoms with Crippen molar-refractivity contribution < 1.29 is 0 Å². The van der Waals surface area contributed by atoms with Crippen LogP contribution in [0.4, 0.5) is 5.82 Å². The largest absolute Gasteiger partial charge is 0.265 e. The molecular formula is C16H18N4. The van der Waals surface area contributed by atoms with E-state index in [1.165, 1.54) is 16.0 Å². The summed E-state index contributed by atoms with van der Waals surface area (Å²) >= 11 is 0. The number of benzene rings is 1. The van der Waals surface area contributed by atoms with Gasteiger partial charge in [0.1, 0.15) is 0 Å². The number of aryl methyl sites for hydroxylation is 1. The smallest absolute Gasteiger partial charge is 0.185 e. The quantitative estimate of drug-likeness (QED) is 0.630. The summed E-state index contributed by atoms with van der Waals surface area (Å²) in [7, 11) is 1.66. The number of nitrogens with zero attached hydrogens (tertiary/aromatic N) is 4. The maximum Gasteiger partial charge on any atom is 0.185 e. The van der Waals surface area contributed by atoms with Gasteiger partial charge in [0.15, 0.2) is 12.0 Å². The molecule has 0 spiro atoms. The summed E-state index contributed by atoms with van der Waals surface area (Å²) in [5.74, 6) is 1.03. The lowest BCUT2D eigenvalue weighted by atomic mass is 9.96. The molecule has 0 fully saturated rings. The molecule has 2 aromatic rings. The first-order chi connectivity index (χ1) is 9.52. The molecule has 20 heavy (non-hydrogen) atoms. The predicted octanol–water partition coefficient (Wildman–Crippen LogP) is 3.49. The van der Waals surface area contributed by atoms with Crippen LogP contribution in [0.25, 0.3) is 11.3 Å². The Hall–Kier alpha value is -2.41. The molecule has 0 bridgehead atoms. The second-order valence-electron chi connectivity index (χ2n) is 5.16. The van der Waals surface area contributed by atoms with Gasteiger partial charge in [-0.2, -0.15) is 5.26 Å². The molecule has 1 heterocycles. The van der Waals surface area contributed by atoms with Crippen molar-refractivity contribution in [3.05, 3.63) is 41.5 Å². The molecule has 0 radical (unpaired) electrons. The van der Waals surface area contributed by atoms with E-state index in [9.17, 15) is 0 Å². The van der Waals surface area contributed by atoms with Crippen molar-refractivity contribution >= 4 is 5.82 Å². The standard InChI is InChI=1S/C16H18N4/c1-11(2)13-6-5-12(3)14(9-13)15-7-8-16(19-18-15)20(4)10-17/h5-9,11H,1-4H3. The molecule has 0 aliphatic heterocycles. The van der Waals surface area contributed by atoms with Gasteiger partial charge >= 0.3 is 0 Å². The van der Waals surface area contributed by atoms with E-state index >= 15 is 0 Å². The highest BCUT2D eigenvalue weighted by Gasteiger charge is 2.09. The molecule has 0 N–H and O–H groups in total. The summed E-state index contributed by atoms with van der Waals surface area (Å²) < 4.78 is 0. The Bertz CT molecular complexity index is 639. The van der Waals surface area contributed by atoms with E-state index in [4.69, 9.17) is 5.26 Å². The molecule has 0 aliphatic carbocycles. The molecule has 102 valence electrons. The number of hydrogen-bond donors (Lipinski definition) is 0. The Morgan fingerprint density at radius 1 is 1.15 bits per heavy atom. The van der Waals surface area contributed by atoms with Gasteiger partial charge in [-0.05, 0) is 42.2 Å². The fourth-order valence-electron chi connectivity index (χ4n) is 1.97. The molecule has 0 amide bonds. The first kappa shape index (κ1) is 14.0. The Morgan fingerprint density at radius 2 is 1.90 bits per heavy atom. The van der Waals surface area contributed by atoms with Gasteiger partial charge in [0.05, 0.1) is 5.69 Å². The Labute approximate surface area is 119 Å². The number of nitriles is 1. The molecule has 2 rings (SSSR count). The zero-order valence-electron chi connectivity index (χ0n) is 12.3. The highest BCUT2D eigenvalue weighted by atomic mass is 15.2. The fourth-order valence-corrected chi connectivity index (χ4v) is 1.97. The molecule has 4 heteroatoms. The van der Waals surface area contributed by atoms with Gasteiger partial charge in [-0.25, -0.2) is 0 Å². The van der Waals surface area contributed by atoms with E-state index in [0.717, 1.165) is 11.3 Å². The van der Waals surface area contributed by atoms with Crippen LogP contribution in [0.2, 0.25) is 0 Å². The van der Waals surface area contributed by atoms with Crippen molar-refractivity contribution in [2.45, 2.75) is 26.7 Å². The van der Waals surface area contributed by atoms with Crippen LogP contribution in [-0.4, -0.2) is 17.2 Å². The molecule has 0 atom stereocenters. The van der Waals surface area contributed by atoms with Crippen molar-refractivity contribution in [3.8, 4) is 17.5 Å². The minimum atomic E-state index is 0.478. The van der Waals surface area contributed by atoms with Gasteiger partial charge in [0, 0.05) is 12.6 Å². The maximum atomic E-state index is 8.82. The molecule has 0 aliphatic rings. The van der Waals surface area contributed by atoms with Crippen LogP contribution in [0.15, 0.2) is 30.3 Å². The van der Waals surface area contributed by atoms with Crippen molar-refractivity contribution in [2.75, 3.05) is 11.9 Å². The number of hydrogen-bond acceptors (Lipinski definition) is 4. The van der Waals surface area contributed by atoms with E-state index in [1.54, 1.807) is 7.05 Å². The van der Waals surface area contributed by atoms with E-state index in [0.29, 0.717) is 11.7 Å². The van der Waals surface area contributed by atoms with Gasteiger partial charge in [-0.1, -0.05) is 26.0 Å². The molecule has 1 aromatic carbocycles. The maximum absolute atomic E-state index is 8.82. The lowest BCUT2D eigenvalue weighted by molar-refractivity contribution is 0.866. The summed E-state index contributed by atoms with van der Waals surface area (Å²) in [6, 6.07) is 10.1. The highest BCUT2D eigenvalue weighted by molar-refractivity contribution is 5.65. The molecular weight excluding hydrogens is 248 g/mol. The number of rotatable bonds is 3. The van der Waals surface area contributed by atoms with Gasteiger partial charge in [0.25, 0.3) is 0 Å². The highest BCUT2D eigenvalue weighted by Crippen LogP contribution is 2.26. The number of anilines is 1. The summed E-state index contributed by atoms with van der Waals surface area (Å²) in [6.45, 7) is 6.41. The second kappa shape index (κ2) is 5.70. The lowest BCUT2D eigenvalue weighted by Gasteiger charge is -2.11. The molecule has 4 nitrogen and oxygen atoms in total. The first-order valence-electron chi connectivity index (χ1n) is 6.61. The first-order valence-corrected chi connectivity index (χ1v) is 6.61. The monoisotopic (exact) mass is 266 g/mol. The molecule has 1 aromatic heterocycles. The second-order valence-corrected chi connectivity index (χ2v) is 5.16. The van der Waals surface area contributed by atoms with Crippen LogP contribution < -0.4 is 4.90 Å². The van der Waals surface area contributed by atoms with Crippen molar-refractivity contribution in [2.24, 2.45) is 0 Å². The summed E-state index contributed by atoms with van der Waals surface area (Å²) in [5.41, 5.74) is 4.38. The summed E-state index contributed by atoms with van der Waals surface area (Å²) in [4.78, 5) is 1.38. The topological polar surface area (TPSA) is 52.8 Å². The fraction of sp³-hybridized carbons (Fsp3) is 0.312. The van der Waals surface area contributed by atoms with Crippen LogP contribution in [0.1, 0.15) is 30.9 Å².